The van der Waals surface area contributed by atoms with E-state index < -0.39 is 28.9 Å². The van der Waals surface area contributed by atoms with Gasteiger partial charge in [-0.2, -0.15) is 5.10 Å². The van der Waals surface area contributed by atoms with Crippen molar-refractivity contribution in [2.24, 2.45) is 0 Å². The first kappa shape index (κ1) is 19.2. The molecular formula is C19H12F4N4OS. The van der Waals surface area contributed by atoms with E-state index in [4.69, 9.17) is 0 Å². The van der Waals surface area contributed by atoms with Gasteiger partial charge in [-0.15, -0.1) is 11.3 Å². The predicted octanol–water partition coefficient (Wildman–Crippen LogP) is 3.89. The van der Waals surface area contributed by atoms with Gasteiger partial charge in [-0.3, -0.25) is 0 Å². The Hall–Kier alpha value is -3.11. The van der Waals surface area contributed by atoms with Crippen LogP contribution in [0.5, 0.6) is 0 Å². The van der Waals surface area contributed by atoms with Crippen molar-refractivity contribution in [1.82, 2.24) is 19.7 Å². The summed E-state index contributed by atoms with van der Waals surface area (Å²) in [6.45, 7) is -0.303. The van der Waals surface area contributed by atoms with Gasteiger partial charge in [-0.05, 0) is 24.3 Å². The Morgan fingerprint density at radius 1 is 1.03 bits per heavy atom. The van der Waals surface area contributed by atoms with Gasteiger partial charge >= 0.3 is 0 Å². The molecule has 0 aliphatic carbocycles. The summed E-state index contributed by atoms with van der Waals surface area (Å²) < 4.78 is 57.4. The van der Waals surface area contributed by atoms with Gasteiger partial charge in [0.2, 0.25) is 0 Å². The first-order chi connectivity index (χ1) is 13.9. The van der Waals surface area contributed by atoms with Gasteiger partial charge in [0.15, 0.2) is 5.60 Å². The van der Waals surface area contributed by atoms with Crippen LogP contribution >= 0.6 is 11.3 Å². The van der Waals surface area contributed by atoms with Crippen molar-refractivity contribution >= 4 is 11.3 Å². The molecule has 0 fully saturated rings. The van der Waals surface area contributed by atoms with Crippen LogP contribution in [0.3, 0.4) is 0 Å². The highest BCUT2D eigenvalue weighted by molar-refractivity contribution is 7.10. The topological polar surface area (TPSA) is 63.8 Å². The molecule has 10 heteroatoms. The SMILES string of the molecule is OC(Cn1cncn1)(c1nc(-c2c(F)cccc2F)cs1)c1ccc(F)cc1F. The minimum Gasteiger partial charge on any atom is -0.376 e. The molecule has 0 saturated heterocycles. The van der Waals surface area contributed by atoms with Gasteiger partial charge < -0.3 is 5.11 Å². The van der Waals surface area contributed by atoms with Crippen molar-refractivity contribution in [3.63, 3.8) is 0 Å². The van der Waals surface area contributed by atoms with E-state index in [1.807, 2.05) is 0 Å². The molecule has 29 heavy (non-hydrogen) atoms. The van der Waals surface area contributed by atoms with E-state index >= 15 is 0 Å². The zero-order valence-electron chi connectivity index (χ0n) is 14.6. The van der Waals surface area contributed by atoms with Crippen molar-refractivity contribution in [1.29, 1.82) is 0 Å². The summed E-state index contributed by atoms with van der Waals surface area (Å²) in [5.41, 5.74) is -2.77. The van der Waals surface area contributed by atoms with Crippen LogP contribution in [0.25, 0.3) is 11.3 Å². The van der Waals surface area contributed by atoms with Crippen molar-refractivity contribution in [2.45, 2.75) is 12.1 Å². The number of benzene rings is 2. The molecule has 0 amide bonds. The van der Waals surface area contributed by atoms with Crippen molar-refractivity contribution < 1.29 is 22.7 Å². The minimum absolute atomic E-state index is 0.0452. The van der Waals surface area contributed by atoms with Gasteiger partial charge in [0.05, 0.1) is 17.8 Å². The van der Waals surface area contributed by atoms with Gasteiger partial charge in [0, 0.05) is 17.0 Å². The quantitative estimate of drug-likeness (QED) is 0.498. The summed E-state index contributed by atoms with van der Waals surface area (Å²) in [7, 11) is 0. The predicted molar refractivity (Wildman–Crippen MR) is 96.8 cm³/mol. The number of nitrogens with zero attached hydrogens (tertiary/aromatic N) is 4. The number of halogens is 4. The highest BCUT2D eigenvalue weighted by atomic mass is 32.1. The maximum absolute atomic E-state index is 14.5. The first-order valence-corrected chi connectivity index (χ1v) is 9.17. The third-order valence-electron chi connectivity index (χ3n) is 4.31. The standard InChI is InChI=1S/C19H12F4N4OS/c20-11-4-5-12(15(23)6-11)19(28,8-27-10-24-9-25-27)18-26-16(7-29-18)17-13(21)2-1-3-14(17)22/h1-7,9-10,28H,8H2. The van der Waals surface area contributed by atoms with Crippen LogP contribution < -0.4 is 0 Å². The third kappa shape index (κ3) is 3.52. The number of aromatic nitrogens is 4. The fraction of sp³-hybridized carbons (Fsp3) is 0.105. The Labute approximate surface area is 165 Å². The fourth-order valence-corrected chi connectivity index (χ4v) is 3.88. The molecule has 1 N–H and O–H groups in total. The first-order valence-electron chi connectivity index (χ1n) is 8.29. The molecule has 0 aliphatic heterocycles. The number of hydrogen-bond donors (Lipinski definition) is 1. The molecule has 1 atom stereocenters. The molecule has 4 rings (SSSR count). The largest absolute Gasteiger partial charge is 0.376 e. The maximum Gasteiger partial charge on any atom is 0.163 e. The second-order valence-electron chi connectivity index (χ2n) is 6.21. The summed E-state index contributed by atoms with van der Waals surface area (Å²) in [4.78, 5) is 7.94. The normalized spacial score (nSPS) is 13.4. The molecule has 0 aliphatic rings. The molecule has 0 saturated carbocycles. The van der Waals surface area contributed by atoms with E-state index in [0.29, 0.717) is 6.07 Å². The second-order valence-corrected chi connectivity index (χ2v) is 7.07. The van der Waals surface area contributed by atoms with Gasteiger partial charge in [-0.25, -0.2) is 32.2 Å². The van der Waals surface area contributed by atoms with E-state index in [1.54, 1.807) is 0 Å². The van der Waals surface area contributed by atoms with Crippen molar-refractivity contribution in [2.75, 3.05) is 0 Å². The molecule has 0 bridgehead atoms. The van der Waals surface area contributed by atoms with Crippen molar-refractivity contribution in [3.8, 4) is 11.3 Å². The number of aliphatic hydroxyl groups is 1. The van der Waals surface area contributed by atoms with Crippen LogP contribution in [0.1, 0.15) is 10.6 Å². The monoisotopic (exact) mass is 420 g/mol. The van der Waals surface area contributed by atoms with Crippen LogP contribution in [-0.4, -0.2) is 24.9 Å². The molecule has 2 aromatic carbocycles. The van der Waals surface area contributed by atoms with E-state index in [-0.39, 0.29) is 28.4 Å². The average molecular weight is 420 g/mol. The lowest BCUT2D eigenvalue weighted by atomic mass is 9.93. The highest BCUT2D eigenvalue weighted by Gasteiger charge is 2.39. The Kier molecular flexibility index (Phi) is 4.89. The van der Waals surface area contributed by atoms with Crippen molar-refractivity contribution in [3.05, 3.63) is 88.3 Å². The van der Waals surface area contributed by atoms with Crippen LogP contribution in [0.15, 0.2) is 54.4 Å². The summed E-state index contributed by atoms with van der Waals surface area (Å²) in [6, 6.07) is 6.10. The second kappa shape index (κ2) is 7.37. The van der Waals surface area contributed by atoms with E-state index in [0.717, 1.165) is 35.6 Å². The Bertz CT molecular complexity index is 1140. The van der Waals surface area contributed by atoms with Crippen LogP contribution in [0, 0.1) is 23.3 Å². The number of rotatable bonds is 5. The van der Waals surface area contributed by atoms with E-state index in [2.05, 4.69) is 15.1 Å². The highest BCUT2D eigenvalue weighted by Crippen LogP contribution is 2.37. The molecule has 0 spiro atoms. The maximum atomic E-state index is 14.5. The van der Waals surface area contributed by atoms with E-state index in [9.17, 15) is 22.7 Å². The van der Waals surface area contributed by atoms with Gasteiger partial charge in [0.1, 0.15) is 40.9 Å². The lowest BCUT2D eigenvalue weighted by Crippen LogP contribution is -2.34. The lowest BCUT2D eigenvalue weighted by molar-refractivity contribution is 0.0533. The molecule has 148 valence electrons. The Morgan fingerprint density at radius 2 is 1.79 bits per heavy atom. The van der Waals surface area contributed by atoms with Gasteiger partial charge in [0.25, 0.3) is 0 Å². The van der Waals surface area contributed by atoms with Crippen LogP contribution in [0.2, 0.25) is 0 Å². The summed E-state index contributed by atoms with van der Waals surface area (Å²) in [5.74, 6) is -3.46. The fourth-order valence-electron chi connectivity index (χ4n) is 2.96. The van der Waals surface area contributed by atoms with Crippen LogP contribution in [-0.2, 0) is 12.1 Å². The lowest BCUT2D eigenvalue weighted by Gasteiger charge is -2.26. The molecule has 5 nitrogen and oxygen atoms in total. The zero-order chi connectivity index (χ0) is 20.6. The van der Waals surface area contributed by atoms with E-state index in [1.165, 1.54) is 28.8 Å². The molecular weight excluding hydrogens is 408 g/mol. The molecule has 2 aromatic heterocycles. The average Bonchev–Trinajstić information content (AvgIpc) is 3.34. The summed E-state index contributed by atoms with van der Waals surface area (Å²) >= 11 is 0.882. The van der Waals surface area contributed by atoms with Crippen LogP contribution in [0.4, 0.5) is 17.6 Å². The molecule has 1 unspecified atom stereocenters. The number of thiazole rings is 1. The summed E-state index contributed by atoms with van der Waals surface area (Å²) in [6.07, 6.45) is 2.53. The van der Waals surface area contributed by atoms with Gasteiger partial charge in [-0.1, -0.05) is 6.07 Å². The zero-order valence-corrected chi connectivity index (χ0v) is 15.4. The summed E-state index contributed by atoms with van der Waals surface area (Å²) in [5, 5.41) is 16.6. The molecule has 4 aromatic rings. The minimum atomic E-state index is -2.09. The Morgan fingerprint density at radius 3 is 2.45 bits per heavy atom. The molecule has 0 radical (unpaired) electrons. The smallest absolute Gasteiger partial charge is 0.163 e. The molecule has 2 heterocycles. The third-order valence-corrected chi connectivity index (χ3v) is 5.30. The Balaban J connectivity index is 1.85. The number of hydrogen-bond acceptors (Lipinski definition) is 5.